The van der Waals surface area contributed by atoms with E-state index in [4.69, 9.17) is 16.6 Å². The molecule has 0 aliphatic heterocycles. The molecule has 5 N–H and O–H groups in total. The van der Waals surface area contributed by atoms with Crippen molar-refractivity contribution in [1.82, 2.24) is 0 Å². The van der Waals surface area contributed by atoms with Gasteiger partial charge in [-0.1, -0.05) is 30.3 Å². The fourth-order valence-electron chi connectivity index (χ4n) is 1.60. The molecule has 0 aliphatic rings. The van der Waals surface area contributed by atoms with Gasteiger partial charge in [0.1, 0.15) is 12.1 Å². The van der Waals surface area contributed by atoms with Gasteiger partial charge in [-0.25, -0.2) is 9.59 Å². The van der Waals surface area contributed by atoms with Crippen LogP contribution in [0.5, 0.6) is 0 Å². The van der Waals surface area contributed by atoms with Gasteiger partial charge in [0, 0.05) is 6.42 Å². The number of carboxylic acid groups (broad SMARTS) is 1. The predicted octanol–water partition coefficient (Wildman–Crippen LogP) is -0.182. The van der Waals surface area contributed by atoms with Crippen LogP contribution in [0.3, 0.4) is 0 Å². The van der Waals surface area contributed by atoms with E-state index >= 15 is 0 Å². The molecule has 0 aliphatic carbocycles. The van der Waals surface area contributed by atoms with Gasteiger partial charge in [0.15, 0.2) is 0 Å². The highest BCUT2D eigenvalue weighted by atomic mass is 16.6. The molecule has 1 aromatic carbocycles. The number of carbonyl (C=O) groups is 3. The van der Waals surface area contributed by atoms with Crippen LogP contribution < -0.4 is 11.5 Å². The smallest absolute Gasteiger partial charge is 0.330 e. The van der Waals surface area contributed by atoms with E-state index in [9.17, 15) is 14.4 Å². The van der Waals surface area contributed by atoms with Crippen LogP contribution in [-0.2, 0) is 25.5 Å². The minimum atomic E-state index is -1.16. The minimum Gasteiger partial charge on any atom is -0.481 e. The SMILES string of the molecule is N[C@@H](CCC(=O)O)C(=O)OC(=O)[C@@H](N)Cc1ccccc1. The number of aliphatic carboxylic acids is 1. The molecule has 0 heterocycles. The van der Waals surface area contributed by atoms with E-state index in [1.54, 1.807) is 24.3 Å². The lowest BCUT2D eigenvalue weighted by atomic mass is 10.1. The van der Waals surface area contributed by atoms with E-state index in [-0.39, 0.29) is 19.3 Å². The third-order valence-corrected chi connectivity index (χ3v) is 2.77. The van der Waals surface area contributed by atoms with Crippen LogP contribution in [-0.4, -0.2) is 35.1 Å². The van der Waals surface area contributed by atoms with E-state index in [0.29, 0.717) is 0 Å². The van der Waals surface area contributed by atoms with Crippen LogP contribution in [0, 0.1) is 0 Å². The van der Waals surface area contributed by atoms with Gasteiger partial charge < -0.3 is 21.3 Å². The van der Waals surface area contributed by atoms with Gasteiger partial charge in [0.25, 0.3) is 0 Å². The third kappa shape index (κ3) is 6.15. The quantitative estimate of drug-likeness (QED) is 0.469. The summed E-state index contributed by atoms with van der Waals surface area (Å²) in [4.78, 5) is 33.5. The summed E-state index contributed by atoms with van der Waals surface area (Å²) in [5, 5.41) is 8.48. The summed E-state index contributed by atoms with van der Waals surface area (Å²) in [5.74, 6) is -2.93. The molecule has 7 heteroatoms. The molecule has 7 nitrogen and oxygen atoms in total. The van der Waals surface area contributed by atoms with E-state index in [0.717, 1.165) is 5.56 Å². The number of rotatable bonds is 7. The molecule has 0 saturated carbocycles. The molecule has 1 aromatic rings. The lowest BCUT2D eigenvalue weighted by molar-refractivity contribution is -0.161. The lowest BCUT2D eigenvalue weighted by Crippen LogP contribution is -2.40. The van der Waals surface area contributed by atoms with E-state index in [1.807, 2.05) is 6.07 Å². The van der Waals surface area contributed by atoms with E-state index in [2.05, 4.69) is 4.74 Å². The maximum Gasteiger partial charge on any atom is 0.330 e. The van der Waals surface area contributed by atoms with Crippen molar-refractivity contribution in [3.05, 3.63) is 35.9 Å². The number of ether oxygens (including phenoxy) is 1. The van der Waals surface area contributed by atoms with Gasteiger partial charge in [-0.2, -0.15) is 0 Å². The van der Waals surface area contributed by atoms with Gasteiger partial charge >= 0.3 is 17.9 Å². The van der Waals surface area contributed by atoms with Crippen molar-refractivity contribution < 1.29 is 24.2 Å². The van der Waals surface area contributed by atoms with Gasteiger partial charge in [0.2, 0.25) is 0 Å². The predicted molar refractivity (Wildman–Crippen MR) is 74.1 cm³/mol. The van der Waals surface area contributed by atoms with Crippen molar-refractivity contribution in [2.24, 2.45) is 11.5 Å². The summed E-state index contributed by atoms with van der Waals surface area (Å²) >= 11 is 0. The Balaban J connectivity index is 2.44. The Bertz CT molecular complexity index is 503. The number of esters is 2. The molecule has 21 heavy (non-hydrogen) atoms. The summed E-state index contributed by atoms with van der Waals surface area (Å²) in [6.45, 7) is 0. The highest BCUT2D eigenvalue weighted by Gasteiger charge is 2.23. The van der Waals surface area contributed by atoms with E-state index in [1.165, 1.54) is 0 Å². The molecular formula is C14H18N2O5. The maximum atomic E-state index is 11.7. The summed E-state index contributed by atoms with van der Waals surface area (Å²) in [6.07, 6.45) is -0.146. The monoisotopic (exact) mass is 294 g/mol. The van der Waals surface area contributed by atoms with Crippen molar-refractivity contribution in [3.63, 3.8) is 0 Å². The van der Waals surface area contributed by atoms with Gasteiger partial charge in [-0.15, -0.1) is 0 Å². The molecule has 0 radical (unpaired) electrons. The average Bonchev–Trinajstić information content (AvgIpc) is 2.45. The molecule has 0 amide bonds. The Morgan fingerprint density at radius 2 is 1.62 bits per heavy atom. The number of nitrogens with two attached hydrogens (primary N) is 2. The molecule has 0 spiro atoms. The van der Waals surface area contributed by atoms with Crippen LogP contribution in [0.2, 0.25) is 0 Å². The Labute approximate surface area is 121 Å². The van der Waals surface area contributed by atoms with Gasteiger partial charge in [-0.3, -0.25) is 4.79 Å². The molecule has 0 aromatic heterocycles. The second-order valence-corrected chi connectivity index (χ2v) is 4.58. The van der Waals surface area contributed by atoms with Crippen LogP contribution in [0.15, 0.2) is 30.3 Å². The van der Waals surface area contributed by atoms with E-state index < -0.39 is 30.0 Å². The van der Waals surface area contributed by atoms with Crippen molar-refractivity contribution in [2.75, 3.05) is 0 Å². The molecular weight excluding hydrogens is 276 g/mol. The van der Waals surface area contributed by atoms with Crippen LogP contribution in [0.1, 0.15) is 18.4 Å². The average molecular weight is 294 g/mol. The third-order valence-electron chi connectivity index (χ3n) is 2.77. The highest BCUT2D eigenvalue weighted by molar-refractivity contribution is 5.91. The zero-order valence-corrected chi connectivity index (χ0v) is 11.4. The standard InChI is InChI=1S/C14H18N2O5/c15-10(6-7-12(17)18)13(19)21-14(20)11(16)8-9-4-2-1-3-5-9/h1-5,10-11H,6-8,15-16H2,(H,17,18)/t10-,11-/m0/s1. The van der Waals surface area contributed by atoms with Crippen LogP contribution in [0.25, 0.3) is 0 Å². The van der Waals surface area contributed by atoms with Gasteiger partial charge in [-0.05, 0) is 18.4 Å². The van der Waals surface area contributed by atoms with Crippen LogP contribution >= 0.6 is 0 Å². The fourth-order valence-corrected chi connectivity index (χ4v) is 1.60. The number of carboxylic acids is 1. The Hall–Kier alpha value is -2.25. The Morgan fingerprint density at radius 3 is 2.19 bits per heavy atom. The first kappa shape index (κ1) is 16.8. The Kier molecular flexibility index (Phi) is 6.51. The molecule has 0 unspecified atom stereocenters. The number of hydrogen-bond donors (Lipinski definition) is 3. The minimum absolute atomic E-state index is 0.102. The normalized spacial score (nSPS) is 13.2. The number of carbonyl (C=O) groups excluding carboxylic acids is 2. The van der Waals surface area contributed by atoms with Crippen molar-refractivity contribution in [3.8, 4) is 0 Å². The zero-order valence-electron chi connectivity index (χ0n) is 11.4. The first-order chi connectivity index (χ1) is 9.90. The molecule has 0 bridgehead atoms. The molecule has 1 rings (SSSR count). The summed E-state index contributed by atoms with van der Waals surface area (Å²) in [7, 11) is 0. The second-order valence-electron chi connectivity index (χ2n) is 4.58. The first-order valence-electron chi connectivity index (χ1n) is 6.42. The van der Waals surface area contributed by atoms with Gasteiger partial charge in [0.05, 0.1) is 0 Å². The van der Waals surface area contributed by atoms with Crippen LogP contribution in [0.4, 0.5) is 0 Å². The first-order valence-corrected chi connectivity index (χ1v) is 6.42. The van der Waals surface area contributed by atoms with Crippen molar-refractivity contribution in [1.29, 1.82) is 0 Å². The molecule has 0 saturated heterocycles. The Morgan fingerprint density at radius 1 is 1.05 bits per heavy atom. The number of hydrogen-bond acceptors (Lipinski definition) is 6. The largest absolute Gasteiger partial charge is 0.481 e. The number of benzene rings is 1. The summed E-state index contributed by atoms with van der Waals surface area (Å²) < 4.78 is 4.56. The molecule has 0 fully saturated rings. The van der Waals surface area contributed by atoms with Crippen molar-refractivity contribution in [2.45, 2.75) is 31.3 Å². The summed E-state index contributed by atoms with van der Waals surface area (Å²) in [6, 6.07) is 6.90. The second kappa shape index (κ2) is 8.13. The highest BCUT2D eigenvalue weighted by Crippen LogP contribution is 2.04. The lowest BCUT2D eigenvalue weighted by Gasteiger charge is -2.13. The topological polar surface area (TPSA) is 133 Å². The fraction of sp³-hybridized carbons (Fsp3) is 0.357. The molecule has 2 atom stereocenters. The zero-order chi connectivity index (χ0) is 15.8. The summed E-state index contributed by atoms with van der Waals surface area (Å²) in [5.41, 5.74) is 11.9. The molecule has 114 valence electrons. The maximum absolute atomic E-state index is 11.7. The van der Waals surface area contributed by atoms with Crippen molar-refractivity contribution >= 4 is 17.9 Å².